The van der Waals surface area contributed by atoms with Crippen molar-refractivity contribution in [2.45, 2.75) is 20.3 Å². The molecule has 0 saturated heterocycles. The van der Waals surface area contributed by atoms with Crippen LogP contribution in [0, 0.1) is 6.92 Å². The second-order valence-electron chi connectivity index (χ2n) is 3.69. The van der Waals surface area contributed by atoms with Crippen molar-refractivity contribution < 1.29 is 4.79 Å². The summed E-state index contributed by atoms with van der Waals surface area (Å²) in [5.74, 6) is 0. The Kier molecular flexibility index (Phi) is 3.92. The smallest absolute Gasteiger partial charge is 0.150 e. The van der Waals surface area contributed by atoms with Crippen molar-refractivity contribution in [1.29, 1.82) is 0 Å². The standard InChI is InChI=1S/C13H14OS/c1-9(2)13(15)7-11-4-5-12(8-14)10(3)6-11/h4-6,8H,1,7H2,2-3H3. The summed E-state index contributed by atoms with van der Waals surface area (Å²) >= 11 is 5.20. The molecule has 0 aliphatic heterocycles. The third-order valence-electron chi connectivity index (χ3n) is 2.30. The molecule has 1 nitrogen and oxygen atoms in total. The van der Waals surface area contributed by atoms with Crippen LogP contribution in [-0.2, 0) is 6.42 Å². The predicted octanol–water partition coefficient (Wildman–Crippen LogP) is 3.30. The highest BCUT2D eigenvalue weighted by atomic mass is 32.1. The van der Waals surface area contributed by atoms with Gasteiger partial charge in [-0.3, -0.25) is 4.79 Å². The highest BCUT2D eigenvalue weighted by Gasteiger charge is 2.02. The lowest BCUT2D eigenvalue weighted by atomic mass is 10.0. The summed E-state index contributed by atoms with van der Waals surface area (Å²) in [6.07, 6.45) is 1.60. The van der Waals surface area contributed by atoms with Crippen molar-refractivity contribution in [2.75, 3.05) is 0 Å². The molecule has 2 heteroatoms. The zero-order valence-electron chi connectivity index (χ0n) is 9.04. The number of hydrogen-bond acceptors (Lipinski definition) is 2. The molecule has 0 aromatic heterocycles. The van der Waals surface area contributed by atoms with Gasteiger partial charge in [-0.2, -0.15) is 0 Å². The van der Waals surface area contributed by atoms with E-state index in [4.69, 9.17) is 12.2 Å². The first-order valence-electron chi connectivity index (χ1n) is 4.78. The number of aldehydes is 1. The average Bonchev–Trinajstić information content (AvgIpc) is 2.18. The summed E-state index contributed by atoms with van der Waals surface area (Å²) in [7, 11) is 0. The Labute approximate surface area is 95.8 Å². The number of thiocarbonyl (C=S) groups is 1. The van der Waals surface area contributed by atoms with E-state index >= 15 is 0 Å². The van der Waals surface area contributed by atoms with Crippen LogP contribution in [0.3, 0.4) is 0 Å². The van der Waals surface area contributed by atoms with Gasteiger partial charge in [0.2, 0.25) is 0 Å². The van der Waals surface area contributed by atoms with Crippen LogP contribution in [-0.4, -0.2) is 11.2 Å². The zero-order valence-corrected chi connectivity index (χ0v) is 9.86. The van der Waals surface area contributed by atoms with E-state index in [0.717, 1.165) is 39.8 Å². The summed E-state index contributed by atoms with van der Waals surface area (Å²) in [5.41, 5.74) is 3.79. The van der Waals surface area contributed by atoms with Gasteiger partial charge in [-0.05, 0) is 30.5 Å². The Balaban J connectivity index is 2.89. The van der Waals surface area contributed by atoms with Gasteiger partial charge in [0.25, 0.3) is 0 Å². The van der Waals surface area contributed by atoms with Crippen molar-refractivity contribution in [3.8, 4) is 0 Å². The van der Waals surface area contributed by atoms with Crippen LogP contribution in [0.4, 0.5) is 0 Å². The van der Waals surface area contributed by atoms with Crippen molar-refractivity contribution in [2.24, 2.45) is 0 Å². The third kappa shape index (κ3) is 3.10. The number of allylic oxidation sites excluding steroid dienone is 1. The molecule has 1 rings (SSSR count). The lowest BCUT2D eigenvalue weighted by molar-refractivity contribution is 0.112. The molecule has 0 fully saturated rings. The minimum atomic E-state index is 0.727. The first-order valence-corrected chi connectivity index (χ1v) is 5.19. The maximum Gasteiger partial charge on any atom is 0.150 e. The maximum atomic E-state index is 10.6. The molecule has 0 radical (unpaired) electrons. The van der Waals surface area contributed by atoms with Gasteiger partial charge in [0.05, 0.1) is 0 Å². The van der Waals surface area contributed by atoms with Crippen LogP contribution >= 0.6 is 12.2 Å². The topological polar surface area (TPSA) is 17.1 Å². The van der Waals surface area contributed by atoms with Gasteiger partial charge in [0.15, 0.2) is 0 Å². The van der Waals surface area contributed by atoms with Gasteiger partial charge in [-0.15, -0.1) is 0 Å². The van der Waals surface area contributed by atoms with E-state index in [1.54, 1.807) is 0 Å². The lowest BCUT2D eigenvalue weighted by Gasteiger charge is -2.05. The average molecular weight is 218 g/mol. The fraction of sp³-hybridized carbons (Fsp3) is 0.231. The van der Waals surface area contributed by atoms with E-state index < -0.39 is 0 Å². The summed E-state index contributed by atoms with van der Waals surface area (Å²) in [6, 6.07) is 5.77. The zero-order chi connectivity index (χ0) is 11.4. The van der Waals surface area contributed by atoms with Gasteiger partial charge >= 0.3 is 0 Å². The minimum absolute atomic E-state index is 0.727. The summed E-state index contributed by atoms with van der Waals surface area (Å²) in [6.45, 7) is 7.65. The molecule has 0 N–H and O–H groups in total. The van der Waals surface area contributed by atoms with Crippen molar-refractivity contribution in [3.05, 3.63) is 47.0 Å². The first-order chi connectivity index (χ1) is 7.04. The third-order valence-corrected chi connectivity index (χ3v) is 2.79. The van der Waals surface area contributed by atoms with Crippen LogP contribution < -0.4 is 0 Å². The van der Waals surface area contributed by atoms with Crippen molar-refractivity contribution in [3.63, 3.8) is 0 Å². The fourth-order valence-corrected chi connectivity index (χ4v) is 1.48. The van der Waals surface area contributed by atoms with E-state index in [1.165, 1.54) is 0 Å². The summed E-state index contributed by atoms with van der Waals surface area (Å²) in [5, 5.41) is 0. The Hall–Kier alpha value is -1.28. The fourth-order valence-electron chi connectivity index (χ4n) is 1.32. The van der Waals surface area contributed by atoms with E-state index in [2.05, 4.69) is 6.58 Å². The van der Waals surface area contributed by atoms with Crippen LogP contribution in [0.15, 0.2) is 30.4 Å². The largest absolute Gasteiger partial charge is 0.298 e. The van der Waals surface area contributed by atoms with Gasteiger partial charge in [0, 0.05) is 16.8 Å². The van der Waals surface area contributed by atoms with Crippen molar-refractivity contribution in [1.82, 2.24) is 0 Å². The molecule has 0 saturated carbocycles. The van der Waals surface area contributed by atoms with Crippen LogP contribution in [0.2, 0.25) is 0 Å². The number of aryl methyl sites for hydroxylation is 1. The monoisotopic (exact) mass is 218 g/mol. The highest BCUT2D eigenvalue weighted by molar-refractivity contribution is 7.80. The van der Waals surface area contributed by atoms with Crippen LogP contribution in [0.1, 0.15) is 28.4 Å². The molecule has 0 unspecified atom stereocenters. The molecule has 0 aliphatic carbocycles. The Morgan fingerprint density at radius 1 is 1.53 bits per heavy atom. The van der Waals surface area contributed by atoms with Gasteiger partial charge < -0.3 is 0 Å². The molecule has 0 aliphatic rings. The number of carbonyl (C=O) groups is 1. The highest BCUT2D eigenvalue weighted by Crippen LogP contribution is 2.12. The molecule has 0 atom stereocenters. The van der Waals surface area contributed by atoms with E-state index in [-0.39, 0.29) is 0 Å². The van der Waals surface area contributed by atoms with Gasteiger partial charge in [-0.25, -0.2) is 0 Å². The summed E-state index contributed by atoms with van der Waals surface area (Å²) < 4.78 is 0. The molecule has 0 amide bonds. The number of carbonyl (C=O) groups excluding carboxylic acids is 1. The predicted molar refractivity (Wildman–Crippen MR) is 67.7 cm³/mol. The normalized spacial score (nSPS) is 9.73. The lowest BCUT2D eigenvalue weighted by Crippen LogP contribution is -2.01. The molecule has 15 heavy (non-hydrogen) atoms. The van der Waals surface area contributed by atoms with E-state index in [0.29, 0.717) is 0 Å². The quantitative estimate of drug-likeness (QED) is 0.438. The first kappa shape index (κ1) is 11.8. The molecule has 78 valence electrons. The Morgan fingerprint density at radius 2 is 2.20 bits per heavy atom. The molecule has 1 aromatic carbocycles. The molecule has 1 aromatic rings. The second-order valence-corrected chi connectivity index (χ2v) is 4.18. The number of rotatable bonds is 4. The number of hydrogen-bond donors (Lipinski definition) is 0. The number of benzene rings is 1. The molecule has 0 heterocycles. The van der Waals surface area contributed by atoms with Gasteiger partial charge in [0.1, 0.15) is 6.29 Å². The van der Waals surface area contributed by atoms with E-state index in [1.807, 2.05) is 32.0 Å². The summed E-state index contributed by atoms with van der Waals surface area (Å²) in [4.78, 5) is 11.5. The Morgan fingerprint density at radius 3 is 2.67 bits per heavy atom. The molecular formula is C13H14OS. The van der Waals surface area contributed by atoms with Crippen LogP contribution in [0.5, 0.6) is 0 Å². The second kappa shape index (κ2) is 4.99. The Bertz CT molecular complexity index is 419. The molecule has 0 spiro atoms. The SMILES string of the molecule is C=C(C)C(=S)Cc1ccc(C=O)c(C)c1. The minimum Gasteiger partial charge on any atom is -0.298 e. The van der Waals surface area contributed by atoms with Gasteiger partial charge in [-0.1, -0.05) is 37.0 Å². The van der Waals surface area contributed by atoms with Crippen molar-refractivity contribution >= 4 is 23.4 Å². The maximum absolute atomic E-state index is 10.6. The van der Waals surface area contributed by atoms with E-state index in [9.17, 15) is 4.79 Å². The molecular weight excluding hydrogens is 204 g/mol. The van der Waals surface area contributed by atoms with Crippen LogP contribution in [0.25, 0.3) is 0 Å². The molecule has 0 bridgehead atoms.